The maximum absolute atomic E-state index is 10.8. The van der Waals surface area contributed by atoms with Gasteiger partial charge in [0.05, 0.1) is 12.4 Å². The van der Waals surface area contributed by atoms with Gasteiger partial charge in [-0.05, 0) is 6.92 Å². The summed E-state index contributed by atoms with van der Waals surface area (Å²) in [5.41, 5.74) is 0. The van der Waals surface area contributed by atoms with Crippen molar-refractivity contribution in [1.82, 2.24) is 0 Å². The van der Waals surface area contributed by atoms with Gasteiger partial charge in [0, 0.05) is 5.25 Å². The van der Waals surface area contributed by atoms with Crippen molar-refractivity contribution in [3.8, 4) is 0 Å². The summed E-state index contributed by atoms with van der Waals surface area (Å²) in [6.45, 7) is 3.54. The van der Waals surface area contributed by atoms with Gasteiger partial charge >= 0.3 is 0 Å². The van der Waals surface area contributed by atoms with Crippen molar-refractivity contribution < 1.29 is 12.6 Å². The molecule has 1 unspecified atom stereocenters. The van der Waals surface area contributed by atoms with Gasteiger partial charge < -0.3 is 0 Å². The first-order chi connectivity index (χ1) is 4.48. The minimum atomic E-state index is -3.31. The quantitative estimate of drug-likeness (QED) is 0.516. The van der Waals surface area contributed by atoms with Crippen molar-refractivity contribution in [3.05, 3.63) is 0 Å². The lowest BCUT2D eigenvalue weighted by atomic mass is 10.6. The normalized spacial score (nSPS) is 15.1. The van der Waals surface area contributed by atoms with E-state index in [9.17, 15) is 8.42 Å². The summed E-state index contributed by atoms with van der Waals surface area (Å²) < 4.78 is 26.0. The molecular weight excluding hydrogens is 172 g/mol. The highest BCUT2D eigenvalue weighted by Gasteiger charge is 2.12. The second-order valence-electron chi connectivity index (χ2n) is 1.98. The van der Waals surface area contributed by atoms with Gasteiger partial charge in [0.1, 0.15) is 0 Å². The highest BCUT2D eigenvalue weighted by molar-refractivity contribution is 7.88. The molecule has 0 spiro atoms. The van der Waals surface area contributed by atoms with Crippen molar-refractivity contribution >= 4 is 22.7 Å². The molecule has 0 heterocycles. The first-order valence-corrected chi connectivity index (χ1v) is 5.12. The Bertz CT molecular complexity index is 171. The van der Waals surface area contributed by atoms with Gasteiger partial charge in [-0.3, -0.25) is 4.18 Å². The van der Waals surface area contributed by atoms with Crippen LogP contribution in [0, 0.1) is 0 Å². The molecule has 0 N–H and O–H groups in total. The summed E-state index contributed by atoms with van der Waals surface area (Å²) in [5.74, 6) is -0.0239. The number of hydrogen-bond acceptors (Lipinski definition) is 4. The van der Waals surface area contributed by atoms with E-state index in [0.717, 1.165) is 0 Å². The topological polar surface area (TPSA) is 43.4 Å². The van der Waals surface area contributed by atoms with Crippen LogP contribution in [0.5, 0.6) is 0 Å². The molecule has 0 radical (unpaired) electrons. The largest absolute Gasteiger partial charge is 0.270 e. The molecule has 0 aliphatic heterocycles. The third-order valence-corrected chi connectivity index (χ3v) is 2.68. The molecule has 0 amide bonds. The third-order valence-electron chi connectivity index (χ3n) is 0.743. The van der Waals surface area contributed by atoms with E-state index in [1.54, 1.807) is 13.8 Å². The summed E-state index contributed by atoms with van der Waals surface area (Å²) in [7, 11) is -3.31. The summed E-state index contributed by atoms with van der Waals surface area (Å²) >= 11 is 3.93. The predicted octanol–water partition coefficient (Wildman–Crippen LogP) is 0.671. The van der Waals surface area contributed by atoms with Crippen LogP contribution in [-0.2, 0) is 14.3 Å². The van der Waals surface area contributed by atoms with E-state index in [2.05, 4.69) is 16.8 Å². The highest BCUT2D eigenvalue weighted by atomic mass is 32.2. The summed E-state index contributed by atoms with van der Waals surface area (Å²) in [5, 5.41) is -0.170. The zero-order valence-electron chi connectivity index (χ0n) is 6.07. The van der Waals surface area contributed by atoms with Gasteiger partial charge in [-0.1, -0.05) is 6.92 Å². The molecule has 62 valence electrons. The Morgan fingerprint density at radius 2 is 2.10 bits per heavy atom. The fourth-order valence-corrected chi connectivity index (χ4v) is 2.12. The standard InChI is InChI=1S/C5H12O3S2/c1-3-8-10(6,7)4-5(2)9/h5,9H,3-4H2,1-2H3. The van der Waals surface area contributed by atoms with E-state index in [-0.39, 0.29) is 17.6 Å². The molecule has 0 aromatic carbocycles. The lowest BCUT2D eigenvalue weighted by molar-refractivity contribution is 0.338. The van der Waals surface area contributed by atoms with E-state index < -0.39 is 10.1 Å². The molecule has 0 aliphatic carbocycles. The van der Waals surface area contributed by atoms with Gasteiger partial charge in [-0.25, -0.2) is 0 Å². The average Bonchev–Trinajstić information content (AvgIpc) is 1.59. The first kappa shape index (κ1) is 10.3. The second kappa shape index (κ2) is 4.20. The van der Waals surface area contributed by atoms with Gasteiger partial charge in [0.15, 0.2) is 0 Å². The van der Waals surface area contributed by atoms with Crippen LogP contribution in [-0.4, -0.2) is 26.0 Å². The fraction of sp³-hybridized carbons (Fsp3) is 1.00. The van der Waals surface area contributed by atoms with Crippen LogP contribution in [0.4, 0.5) is 0 Å². The number of thiol groups is 1. The summed E-state index contributed by atoms with van der Waals surface area (Å²) in [4.78, 5) is 0. The summed E-state index contributed by atoms with van der Waals surface area (Å²) in [6.07, 6.45) is 0. The Morgan fingerprint density at radius 1 is 1.60 bits per heavy atom. The van der Waals surface area contributed by atoms with Crippen molar-refractivity contribution in [3.63, 3.8) is 0 Å². The molecular formula is C5H12O3S2. The van der Waals surface area contributed by atoms with E-state index in [0.29, 0.717) is 0 Å². The Balaban J connectivity index is 3.89. The minimum absolute atomic E-state index is 0.0239. The average molecular weight is 184 g/mol. The van der Waals surface area contributed by atoms with Gasteiger partial charge in [0.2, 0.25) is 0 Å². The zero-order chi connectivity index (χ0) is 8.20. The van der Waals surface area contributed by atoms with Crippen molar-refractivity contribution in [2.75, 3.05) is 12.4 Å². The third kappa shape index (κ3) is 5.08. The van der Waals surface area contributed by atoms with Crippen LogP contribution in [0.15, 0.2) is 0 Å². The molecule has 0 aromatic rings. The summed E-state index contributed by atoms with van der Waals surface area (Å²) in [6, 6.07) is 0. The fourth-order valence-electron chi connectivity index (χ4n) is 0.523. The number of rotatable bonds is 4. The minimum Gasteiger partial charge on any atom is -0.270 e. The van der Waals surface area contributed by atoms with E-state index >= 15 is 0 Å². The smallest absolute Gasteiger partial charge is 0.268 e. The van der Waals surface area contributed by atoms with Gasteiger partial charge in [0.25, 0.3) is 10.1 Å². The maximum atomic E-state index is 10.8. The molecule has 0 saturated heterocycles. The van der Waals surface area contributed by atoms with Crippen LogP contribution >= 0.6 is 12.6 Å². The Morgan fingerprint density at radius 3 is 2.40 bits per heavy atom. The van der Waals surface area contributed by atoms with Crippen LogP contribution in [0.25, 0.3) is 0 Å². The molecule has 1 atom stereocenters. The molecule has 3 nitrogen and oxygen atoms in total. The van der Waals surface area contributed by atoms with E-state index in [4.69, 9.17) is 0 Å². The second-order valence-corrected chi connectivity index (χ2v) is 4.55. The molecule has 0 rings (SSSR count). The Hall–Kier alpha value is 0.260. The zero-order valence-corrected chi connectivity index (χ0v) is 7.78. The molecule has 5 heteroatoms. The first-order valence-electron chi connectivity index (χ1n) is 3.03. The molecule has 0 aliphatic rings. The Labute approximate surface area is 67.3 Å². The Kier molecular flexibility index (Phi) is 4.31. The van der Waals surface area contributed by atoms with Crippen molar-refractivity contribution in [2.45, 2.75) is 19.1 Å². The van der Waals surface area contributed by atoms with Crippen LogP contribution in [0.2, 0.25) is 0 Å². The predicted molar refractivity (Wildman–Crippen MR) is 43.9 cm³/mol. The highest BCUT2D eigenvalue weighted by Crippen LogP contribution is 2.00. The van der Waals surface area contributed by atoms with Gasteiger partial charge in [-0.15, -0.1) is 0 Å². The van der Waals surface area contributed by atoms with E-state index in [1.807, 2.05) is 0 Å². The molecule has 0 fully saturated rings. The van der Waals surface area contributed by atoms with Gasteiger partial charge in [-0.2, -0.15) is 21.0 Å². The van der Waals surface area contributed by atoms with Crippen molar-refractivity contribution in [1.29, 1.82) is 0 Å². The van der Waals surface area contributed by atoms with Crippen LogP contribution in [0.1, 0.15) is 13.8 Å². The SMILES string of the molecule is CCOS(=O)(=O)CC(C)S. The molecule has 0 bridgehead atoms. The molecule has 0 saturated carbocycles. The molecule has 10 heavy (non-hydrogen) atoms. The monoisotopic (exact) mass is 184 g/mol. The van der Waals surface area contributed by atoms with Crippen LogP contribution in [0.3, 0.4) is 0 Å². The lowest BCUT2D eigenvalue weighted by Gasteiger charge is -2.03. The van der Waals surface area contributed by atoms with Crippen molar-refractivity contribution in [2.24, 2.45) is 0 Å². The maximum Gasteiger partial charge on any atom is 0.268 e. The van der Waals surface area contributed by atoms with E-state index in [1.165, 1.54) is 0 Å². The number of hydrogen-bond donors (Lipinski definition) is 1. The lowest BCUT2D eigenvalue weighted by Crippen LogP contribution is -2.16. The van der Waals surface area contributed by atoms with Crippen LogP contribution < -0.4 is 0 Å². The molecule has 0 aromatic heterocycles.